The minimum absolute atomic E-state index is 0.0282. The van der Waals surface area contributed by atoms with Gasteiger partial charge < -0.3 is 5.73 Å². The normalized spacial score (nSPS) is 21.2. The molecule has 0 spiro atoms. The van der Waals surface area contributed by atoms with Gasteiger partial charge in [-0.25, -0.2) is 17.5 Å². The van der Waals surface area contributed by atoms with Gasteiger partial charge in [-0.05, 0) is 41.8 Å². The summed E-state index contributed by atoms with van der Waals surface area (Å²) < 4.78 is 40.3. The smallest absolute Gasteiger partial charge is 0.241 e. The van der Waals surface area contributed by atoms with Crippen molar-refractivity contribution in [3.8, 4) is 0 Å². The number of hydrogen-bond donors (Lipinski definition) is 2. The fourth-order valence-corrected chi connectivity index (χ4v) is 3.89. The summed E-state index contributed by atoms with van der Waals surface area (Å²) in [6.07, 6.45) is 0.632. The minimum atomic E-state index is -3.73. The van der Waals surface area contributed by atoms with Gasteiger partial charge in [0, 0.05) is 6.04 Å². The van der Waals surface area contributed by atoms with Gasteiger partial charge in [-0.1, -0.05) is 24.3 Å². The second-order valence-corrected chi connectivity index (χ2v) is 6.83. The Morgan fingerprint density at radius 2 is 1.76 bits per heavy atom. The van der Waals surface area contributed by atoms with E-state index in [-0.39, 0.29) is 10.9 Å². The Bertz CT molecular complexity index is 759. The first-order valence-corrected chi connectivity index (χ1v) is 8.07. The Morgan fingerprint density at radius 1 is 1.10 bits per heavy atom. The molecule has 2 atom stereocenters. The van der Waals surface area contributed by atoms with Crippen LogP contribution < -0.4 is 10.5 Å². The summed E-state index contributed by atoms with van der Waals surface area (Å²) in [6.45, 7) is 0. The molecule has 3 N–H and O–H groups in total. The highest BCUT2D eigenvalue weighted by Crippen LogP contribution is 2.31. The summed E-state index contributed by atoms with van der Waals surface area (Å²) in [5.74, 6) is -0.475. The lowest BCUT2D eigenvalue weighted by Gasteiger charge is -2.18. The average molecular weight is 306 g/mol. The number of benzene rings is 2. The van der Waals surface area contributed by atoms with E-state index in [1.54, 1.807) is 0 Å². The van der Waals surface area contributed by atoms with Crippen molar-refractivity contribution in [1.29, 1.82) is 0 Å². The molecule has 0 fully saturated rings. The monoisotopic (exact) mass is 306 g/mol. The Hall–Kier alpha value is -1.76. The maximum atomic E-state index is 12.9. The van der Waals surface area contributed by atoms with Gasteiger partial charge in [0.2, 0.25) is 10.0 Å². The molecule has 0 radical (unpaired) electrons. The molecule has 0 heterocycles. The summed E-state index contributed by atoms with van der Waals surface area (Å²) in [6, 6.07) is 11.5. The molecule has 1 aliphatic carbocycles. The quantitative estimate of drug-likeness (QED) is 0.907. The molecule has 6 heteroatoms. The molecule has 21 heavy (non-hydrogen) atoms. The number of rotatable bonds is 3. The van der Waals surface area contributed by atoms with Gasteiger partial charge in [0.05, 0.1) is 10.9 Å². The van der Waals surface area contributed by atoms with Gasteiger partial charge in [0.1, 0.15) is 5.82 Å². The molecule has 2 aromatic carbocycles. The van der Waals surface area contributed by atoms with Crippen LogP contribution in [0.4, 0.5) is 4.39 Å². The van der Waals surface area contributed by atoms with Crippen LogP contribution >= 0.6 is 0 Å². The largest absolute Gasteiger partial charge is 0.326 e. The average Bonchev–Trinajstić information content (AvgIpc) is 2.75. The maximum Gasteiger partial charge on any atom is 0.241 e. The molecular formula is C15H15FN2O2S. The van der Waals surface area contributed by atoms with Gasteiger partial charge in [-0.2, -0.15) is 0 Å². The van der Waals surface area contributed by atoms with Crippen molar-refractivity contribution in [2.75, 3.05) is 0 Å². The third-order valence-corrected chi connectivity index (χ3v) is 5.14. The van der Waals surface area contributed by atoms with Crippen LogP contribution in [0.25, 0.3) is 0 Å². The second kappa shape index (κ2) is 5.22. The van der Waals surface area contributed by atoms with Gasteiger partial charge in [-0.15, -0.1) is 0 Å². The van der Waals surface area contributed by atoms with Crippen molar-refractivity contribution < 1.29 is 12.8 Å². The Labute approximate surface area is 122 Å². The minimum Gasteiger partial charge on any atom is -0.326 e. The molecule has 0 bridgehead atoms. The number of halogens is 1. The van der Waals surface area contributed by atoms with E-state index in [1.807, 2.05) is 24.3 Å². The molecule has 2 aromatic rings. The predicted molar refractivity (Wildman–Crippen MR) is 77.6 cm³/mol. The van der Waals surface area contributed by atoms with Crippen LogP contribution in [-0.2, 0) is 16.4 Å². The van der Waals surface area contributed by atoms with Crippen LogP contribution in [0.1, 0.15) is 17.2 Å². The highest BCUT2D eigenvalue weighted by atomic mass is 32.2. The number of fused-ring (bicyclic) bond motifs is 1. The van der Waals surface area contributed by atoms with Crippen molar-refractivity contribution in [2.45, 2.75) is 23.4 Å². The summed E-state index contributed by atoms with van der Waals surface area (Å²) in [5.41, 5.74) is 8.00. The molecule has 110 valence electrons. The van der Waals surface area contributed by atoms with E-state index in [1.165, 1.54) is 12.1 Å². The number of nitrogens with one attached hydrogen (secondary N) is 1. The lowest BCUT2D eigenvalue weighted by Crippen LogP contribution is -2.38. The van der Waals surface area contributed by atoms with Crippen molar-refractivity contribution in [3.05, 3.63) is 65.5 Å². The molecule has 0 aliphatic heterocycles. The van der Waals surface area contributed by atoms with Gasteiger partial charge >= 0.3 is 0 Å². The first-order valence-electron chi connectivity index (χ1n) is 6.59. The highest BCUT2D eigenvalue weighted by Gasteiger charge is 2.33. The molecule has 4 nitrogen and oxygen atoms in total. The lowest BCUT2D eigenvalue weighted by atomic mass is 10.1. The van der Waals surface area contributed by atoms with Gasteiger partial charge in [0.15, 0.2) is 0 Å². The number of hydrogen-bond acceptors (Lipinski definition) is 3. The summed E-state index contributed by atoms with van der Waals surface area (Å²) in [7, 11) is -3.73. The third-order valence-electron chi connectivity index (χ3n) is 3.68. The Morgan fingerprint density at radius 3 is 2.48 bits per heavy atom. The van der Waals surface area contributed by atoms with E-state index < -0.39 is 21.9 Å². The molecular weight excluding hydrogens is 291 g/mol. The third kappa shape index (κ3) is 2.70. The van der Waals surface area contributed by atoms with Crippen LogP contribution in [0.5, 0.6) is 0 Å². The van der Waals surface area contributed by atoms with Crippen LogP contribution in [0.2, 0.25) is 0 Å². The Balaban J connectivity index is 1.91. The van der Waals surface area contributed by atoms with Crippen LogP contribution in [-0.4, -0.2) is 14.5 Å². The van der Waals surface area contributed by atoms with E-state index in [4.69, 9.17) is 5.73 Å². The molecule has 3 rings (SSSR count). The summed E-state index contributed by atoms with van der Waals surface area (Å²) in [4.78, 5) is 0.0282. The van der Waals surface area contributed by atoms with Crippen LogP contribution in [0.3, 0.4) is 0 Å². The van der Waals surface area contributed by atoms with E-state index in [9.17, 15) is 12.8 Å². The first-order chi connectivity index (χ1) is 9.97. The van der Waals surface area contributed by atoms with Crippen LogP contribution in [0, 0.1) is 5.82 Å². The van der Waals surface area contributed by atoms with E-state index in [2.05, 4.69) is 4.72 Å². The van der Waals surface area contributed by atoms with E-state index in [0.29, 0.717) is 6.42 Å². The SMILES string of the molecule is NC1Cc2ccccc2C1NS(=O)(=O)c1ccc(F)cc1. The zero-order valence-corrected chi connectivity index (χ0v) is 12.0. The fourth-order valence-electron chi connectivity index (χ4n) is 2.63. The van der Waals surface area contributed by atoms with Crippen molar-refractivity contribution >= 4 is 10.0 Å². The molecule has 1 aliphatic rings. The van der Waals surface area contributed by atoms with E-state index >= 15 is 0 Å². The maximum absolute atomic E-state index is 12.9. The molecule has 2 unspecified atom stereocenters. The zero-order valence-electron chi connectivity index (χ0n) is 11.2. The molecule has 0 saturated heterocycles. The second-order valence-electron chi connectivity index (χ2n) is 5.12. The number of nitrogens with two attached hydrogens (primary N) is 1. The zero-order chi connectivity index (χ0) is 15.0. The van der Waals surface area contributed by atoms with Gasteiger partial charge in [-0.3, -0.25) is 0 Å². The van der Waals surface area contributed by atoms with Gasteiger partial charge in [0.25, 0.3) is 0 Å². The fraction of sp³-hybridized carbons (Fsp3) is 0.200. The molecule has 0 aromatic heterocycles. The highest BCUT2D eigenvalue weighted by molar-refractivity contribution is 7.89. The van der Waals surface area contributed by atoms with Crippen molar-refractivity contribution in [1.82, 2.24) is 4.72 Å². The molecule has 0 amide bonds. The Kier molecular flexibility index (Phi) is 3.52. The predicted octanol–water partition coefficient (Wildman–Crippen LogP) is 1.73. The standard InChI is InChI=1S/C15H15FN2O2S/c16-11-5-7-12(8-6-11)21(19,20)18-15-13-4-2-1-3-10(13)9-14(15)17/h1-8,14-15,18H,9,17H2. The van der Waals surface area contributed by atoms with Crippen molar-refractivity contribution in [3.63, 3.8) is 0 Å². The lowest BCUT2D eigenvalue weighted by molar-refractivity contribution is 0.517. The molecule has 0 saturated carbocycles. The van der Waals surface area contributed by atoms with Crippen molar-refractivity contribution in [2.24, 2.45) is 5.73 Å². The first kappa shape index (κ1) is 14.2. The summed E-state index contributed by atoms with van der Waals surface area (Å²) in [5, 5.41) is 0. The number of sulfonamides is 1. The van der Waals surface area contributed by atoms with Crippen LogP contribution in [0.15, 0.2) is 53.4 Å². The van der Waals surface area contributed by atoms with E-state index in [0.717, 1.165) is 23.3 Å². The topological polar surface area (TPSA) is 72.2 Å². The summed E-state index contributed by atoms with van der Waals surface area (Å²) >= 11 is 0.